The van der Waals surface area contributed by atoms with E-state index >= 15 is 0 Å². The SMILES string of the molecule is O=C1OC(c2ccc(Cl)cc2)=NC1=Cc1ccc(Oc2ccc(Cl)cc2)cc1. The van der Waals surface area contributed by atoms with Crippen molar-refractivity contribution < 1.29 is 14.3 Å². The first-order valence-electron chi connectivity index (χ1n) is 8.39. The lowest BCUT2D eigenvalue weighted by Crippen LogP contribution is -2.05. The number of aliphatic imine (C=N–C) groups is 1. The van der Waals surface area contributed by atoms with Gasteiger partial charge in [0.1, 0.15) is 11.5 Å². The molecular formula is C22H13Cl2NO3. The molecule has 3 aromatic rings. The van der Waals surface area contributed by atoms with Crippen molar-refractivity contribution in [2.75, 3.05) is 0 Å². The van der Waals surface area contributed by atoms with E-state index in [1.807, 2.05) is 24.3 Å². The van der Waals surface area contributed by atoms with Gasteiger partial charge in [0, 0.05) is 15.6 Å². The second-order valence-electron chi connectivity index (χ2n) is 5.97. The second kappa shape index (κ2) is 7.89. The predicted octanol–water partition coefficient (Wildman–Crippen LogP) is 6.13. The van der Waals surface area contributed by atoms with Gasteiger partial charge in [-0.15, -0.1) is 0 Å². The molecule has 138 valence electrons. The highest BCUT2D eigenvalue weighted by Crippen LogP contribution is 2.25. The third-order valence-electron chi connectivity index (χ3n) is 3.94. The summed E-state index contributed by atoms with van der Waals surface area (Å²) in [5.41, 5.74) is 1.72. The molecule has 0 radical (unpaired) electrons. The Morgan fingerprint density at radius 3 is 1.93 bits per heavy atom. The van der Waals surface area contributed by atoms with Crippen molar-refractivity contribution in [2.24, 2.45) is 4.99 Å². The smallest absolute Gasteiger partial charge is 0.363 e. The van der Waals surface area contributed by atoms with E-state index in [-0.39, 0.29) is 11.6 Å². The topological polar surface area (TPSA) is 47.9 Å². The Balaban J connectivity index is 1.51. The van der Waals surface area contributed by atoms with Gasteiger partial charge in [-0.2, -0.15) is 0 Å². The number of carbonyl (C=O) groups excluding carboxylic acids is 1. The van der Waals surface area contributed by atoms with Crippen molar-refractivity contribution in [3.63, 3.8) is 0 Å². The van der Waals surface area contributed by atoms with Crippen molar-refractivity contribution in [3.8, 4) is 11.5 Å². The van der Waals surface area contributed by atoms with E-state index < -0.39 is 5.97 Å². The quantitative estimate of drug-likeness (QED) is 0.384. The molecule has 28 heavy (non-hydrogen) atoms. The van der Waals surface area contributed by atoms with Crippen molar-refractivity contribution in [3.05, 3.63) is 99.7 Å². The summed E-state index contributed by atoms with van der Waals surface area (Å²) >= 11 is 11.7. The largest absolute Gasteiger partial charge is 0.457 e. The summed E-state index contributed by atoms with van der Waals surface area (Å²) in [5, 5.41) is 1.25. The number of halogens is 2. The standard InChI is InChI=1S/C22H13Cl2NO3/c23-16-5-3-15(4-6-16)21-25-20(22(26)28-21)13-14-1-9-18(10-2-14)27-19-11-7-17(24)8-12-19/h1-13H. The van der Waals surface area contributed by atoms with Crippen LogP contribution in [0.5, 0.6) is 11.5 Å². The zero-order chi connectivity index (χ0) is 19.5. The Bertz CT molecular complexity index is 1070. The average Bonchev–Trinajstić information content (AvgIpc) is 3.06. The van der Waals surface area contributed by atoms with E-state index in [1.165, 1.54) is 0 Å². The Morgan fingerprint density at radius 2 is 1.32 bits per heavy atom. The zero-order valence-electron chi connectivity index (χ0n) is 14.4. The van der Waals surface area contributed by atoms with Crippen molar-refractivity contribution in [2.45, 2.75) is 0 Å². The van der Waals surface area contributed by atoms with Gasteiger partial charge in [0.2, 0.25) is 5.90 Å². The molecular weight excluding hydrogens is 397 g/mol. The first kappa shape index (κ1) is 18.3. The van der Waals surface area contributed by atoms with Crippen LogP contribution < -0.4 is 4.74 Å². The van der Waals surface area contributed by atoms with E-state index in [0.29, 0.717) is 27.1 Å². The van der Waals surface area contributed by atoms with Crippen LogP contribution in [0.2, 0.25) is 10.0 Å². The van der Waals surface area contributed by atoms with Crippen LogP contribution in [0, 0.1) is 0 Å². The molecule has 0 N–H and O–H groups in total. The molecule has 1 aliphatic rings. The summed E-state index contributed by atoms with van der Waals surface area (Å²) in [6, 6.07) is 21.3. The lowest BCUT2D eigenvalue weighted by atomic mass is 10.2. The molecule has 3 aromatic carbocycles. The highest BCUT2D eigenvalue weighted by atomic mass is 35.5. The van der Waals surface area contributed by atoms with E-state index in [0.717, 1.165) is 5.56 Å². The van der Waals surface area contributed by atoms with Crippen LogP contribution in [0.3, 0.4) is 0 Å². The number of hydrogen-bond donors (Lipinski definition) is 0. The van der Waals surface area contributed by atoms with E-state index in [4.69, 9.17) is 32.7 Å². The maximum atomic E-state index is 12.1. The molecule has 0 aromatic heterocycles. The maximum absolute atomic E-state index is 12.1. The molecule has 0 atom stereocenters. The van der Waals surface area contributed by atoms with Crippen LogP contribution in [0.25, 0.3) is 6.08 Å². The van der Waals surface area contributed by atoms with Crippen molar-refractivity contribution >= 4 is 41.1 Å². The fourth-order valence-electron chi connectivity index (χ4n) is 2.55. The van der Waals surface area contributed by atoms with Gasteiger partial charge in [-0.25, -0.2) is 9.79 Å². The Kier molecular flexibility index (Phi) is 5.15. The van der Waals surface area contributed by atoms with Crippen LogP contribution >= 0.6 is 23.2 Å². The molecule has 4 nitrogen and oxygen atoms in total. The highest BCUT2D eigenvalue weighted by molar-refractivity contribution is 6.31. The lowest BCUT2D eigenvalue weighted by Gasteiger charge is -2.05. The molecule has 0 fully saturated rings. The summed E-state index contributed by atoms with van der Waals surface area (Å²) < 4.78 is 11.0. The second-order valence-corrected chi connectivity index (χ2v) is 6.84. The molecule has 4 rings (SSSR count). The number of esters is 1. The highest BCUT2D eigenvalue weighted by Gasteiger charge is 2.24. The third kappa shape index (κ3) is 4.25. The van der Waals surface area contributed by atoms with Gasteiger partial charge in [-0.1, -0.05) is 35.3 Å². The van der Waals surface area contributed by atoms with E-state index in [9.17, 15) is 4.79 Å². The number of cyclic esters (lactones) is 1. The van der Waals surface area contributed by atoms with Gasteiger partial charge in [-0.05, 0) is 72.3 Å². The molecule has 0 spiro atoms. The summed E-state index contributed by atoms with van der Waals surface area (Å²) in [5.74, 6) is 1.12. The molecule has 0 amide bonds. The number of nitrogens with zero attached hydrogens (tertiary/aromatic N) is 1. The van der Waals surface area contributed by atoms with E-state index in [2.05, 4.69) is 4.99 Å². The zero-order valence-corrected chi connectivity index (χ0v) is 15.9. The fraction of sp³-hybridized carbons (Fsp3) is 0. The van der Waals surface area contributed by atoms with Gasteiger partial charge in [-0.3, -0.25) is 0 Å². The summed E-state index contributed by atoms with van der Waals surface area (Å²) in [6.45, 7) is 0. The predicted molar refractivity (Wildman–Crippen MR) is 110 cm³/mol. The first-order chi connectivity index (χ1) is 13.6. The Hall–Kier alpha value is -3.08. The molecule has 0 saturated heterocycles. The van der Waals surface area contributed by atoms with Gasteiger partial charge in [0.15, 0.2) is 5.70 Å². The van der Waals surface area contributed by atoms with Crippen molar-refractivity contribution in [1.29, 1.82) is 0 Å². The monoisotopic (exact) mass is 409 g/mol. The minimum absolute atomic E-state index is 0.233. The molecule has 1 aliphatic heterocycles. The van der Waals surface area contributed by atoms with Crippen LogP contribution in [-0.4, -0.2) is 11.9 Å². The van der Waals surface area contributed by atoms with Crippen LogP contribution in [0.4, 0.5) is 0 Å². The van der Waals surface area contributed by atoms with E-state index in [1.54, 1.807) is 54.6 Å². The number of carbonyl (C=O) groups is 1. The molecule has 0 saturated carbocycles. The van der Waals surface area contributed by atoms with Gasteiger partial charge in [0.25, 0.3) is 0 Å². The average molecular weight is 410 g/mol. The van der Waals surface area contributed by atoms with Gasteiger partial charge < -0.3 is 9.47 Å². The van der Waals surface area contributed by atoms with Crippen LogP contribution in [0.1, 0.15) is 11.1 Å². The Labute approximate surface area is 171 Å². The lowest BCUT2D eigenvalue weighted by molar-refractivity contribution is -0.129. The minimum Gasteiger partial charge on any atom is -0.457 e. The maximum Gasteiger partial charge on any atom is 0.363 e. The fourth-order valence-corrected chi connectivity index (χ4v) is 2.81. The number of hydrogen-bond acceptors (Lipinski definition) is 4. The van der Waals surface area contributed by atoms with Crippen molar-refractivity contribution in [1.82, 2.24) is 0 Å². The molecule has 1 heterocycles. The number of rotatable bonds is 4. The molecule has 0 bridgehead atoms. The summed E-state index contributed by atoms with van der Waals surface area (Å²) in [6.07, 6.45) is 1.66. The minimum atomic E-state index is -0.494. The third-order valence-corrected chi connectivity index (χ3v) is 4.45. The normalized spacial score (nSPS) is 14.7. The van der Waals surface area contributed by atoms with Gasteiger partial charge >= 0.3 is 5.97 Å². The number of ether oxygens (including phenoxy) is 2. The molecule has 0 aliphatic carbocycles. The summed E-state index contributed by atoms with van der Waals surface area (Å²) in [4.78, 5) is 16.4. The van der Waals surface area contributed by atoms with Gasteiger partial charge in [0.05, 0.1) is 0 Å². The summed E-state index contributed by atoms with van der Waals surface area (Å²) in [7, 11) is 0. The molecule has 6 heteroatoms. The Morgan fingerprint density at radius 1 is 0.786 bits per heavy atom. The number of benzene rings is 3. The van der Waals surface area contributed by atoms with Crippen LogP contribution in [-0.2, 0) is 9.53 Å². The first-order valence-corrected chi connectivity index (χ1v) is 9.14. The molecule has 0 unspecified atom stereocenters. The van der Waals surface area contributed by atoms with Crippen LogP contribution in [0.15, 0.2) is 83.5 Å².